The van der Waals surface area contributed by atoms with E-state index in [2.05, 4.69) is 67.1 Å². The van der Waals surface area contributed by atoms with Gasteiger partial charge in [-0.05, 0) is 61.4 Å². The van der Waals surface area contributed by atoms with Crippen molar-refractivity contribution in [3.63, 3.8) is 0 Å². The maximum absolute atomic E-state index is 4.25. The average molecular weight is 398 g/mol. The largest absolute Gasteiger partial charge is 0.305 e. The third-order valence-corrected chi connectivity index (χ3v) is 7.19. The summed E-state index contributed by atoms with van der Waals surface area (Å²) >= 11 is 10.5. The average Bonchev–Trinajstić information content (AvgIpc) is 2.55. The number of thiol groups is 1. The Labute approximate surface area is 164 Å². The highest BCUT2D eigenvalue weighted by molar-refractivity contribution is 7.99. The Morgan fingerprint density at radius 3 is 1.96 bits per heavy atom. The molecule has 1 nitrogen and oxygen atoms in total. The minimum atomic E-state index is 0.649. The fraction of sp³-hybridized carbons (Fsp3) is 1.00. The summed E-state index contributed by atoms with van der Waals surface area (Å²) in [7, 11) is 0. The van der Waals surface area contributed by atoms with Crippen molar-refractivity contribution in [2.45, 2.75) is 71.3 Å². The van der Waals surface area contributed by atoms with Crippen LogP contribution in [-0.4, -0.2) is 46.4 Å². The lowest BCUT2D eigenvalue weighted by Crippen LogP contribution is -2.28. The van der Waals surface area contributed by atoms with Crippen molar-refractivity contribution in [3.05, 3.63) is 0 Å². The molecule has 0 aliphatic heterocycles. The van der Waals surface area contributed by atoms with Gasteiger partial charge in [0.1, 0.15) is 0 Å². The zero-order valence-electron chi connectivity index (χ0n) is 15.4. The topological polar surface area (TPSA) is 12.0 Å². The molecule has 0 radical (unpaired) electrons. The lowest BCUT2D eigenvalue weighted by molar-refractivity contribution is 0.660. The molecule has 0 rings (SSSR count). The first-order chi connectivity index (χ1) is 11.3. The van der Waals surface area contributed by atoms with Crippen molar-refractivity contribution >= 4 is 47.9 Å². The molecule has 0 saturated carbocycles. The molecule has 0 amide bonds. The van der Waals surface area contributed by atoms with E-state index >= 15 is 0 Å². The van der Waals surface area contributed by atoms with Crippen LogP contribution < -0.4 is 5.32 Å². The molecule has 0 aliphatic rings. The second-order valence-electron chi connectivity index (χ2n) is 5.98. The van der Waals surface area contributed by atoms with E-state index in [9.17, 15) is 0 Å². The molecule has 0 aromatic carbocycles. The van der Waals surface area contributed by atoms with Crippen molar-refractivity contribution in [3.8, 4) is 0 Å². The number of rotatable bonds is 19. The minimum absolute atomic E-state index is 0.649. The first-order valence-corrected chi connectivity index (χ1v) is 13.5. The molecule has 140 valence electrons. The zero-order chi connectivity index (χ0) is 17.0. The smallest absolute Gasteiger partial charge is 0.0420 e. The monoisotopic (exact) mass is 397 g/mol. The summed E-state index contributed by atoms with van der Waals surface area (Å²) in [4.78, 5) is 0. The fourth-order valence-corrected chi connectivity index (χ4v) is 5.09. The molecule has 0 bridgehead atoms. The van der Waals surface area contributed by atoms with E-state index in [0.29, 0.717) is 6.04 Å². The lowest BCUT2D eigenvalue weighted by Gasteiger charge is -2.13. The Kier molecular flexibility index (Phi) is 22.7. The van der Waals surface area contributed by atoms with E-state index in [0.717, 1.165) is 11.6 Å². The molecule has 0 aromatic heterocycles. The summed E-state index contributed by atoms with van der Waals surface area (Å²) in [6, 6.07) is 0.649. The van der Waals surface area contributed by atoms with Gasteiger partial charge in [0.25, 0.3) is 0 Å². The first-order valence-electron chi connectivity index (χ1n) is 9.38. The molecule has 0 aliphatic carbocycles. The molecular weight excluding hydrogens is 358 g/mol. The van der Waals surface area contributed by atoms with Gasteiger partial charge < -0.3 is 5.32 Å². The van der Waals surface area contributed by atoms with E-state index < -0.39 is 0 Å². The summed E-state index contributed by atoms with van der Waals surface area (Å²) in [5.74, 6) is 8.69. The van der Waals surface area contributed by atoms with Crippen LogP contribution in [0.15, 0.2) is 0 Å². The van der Waals surface area contributed by atoms with Gasteiger partial charge in [0, 0.05) is 17.7 Å². The van der Waals surface area contributed by atoms with Gasteiger partial charge in [0.2, 0.25) is 0 Å². The van der Waals surface area contributed by atoms with E-state index in [1.165, 1.54) is 80.1 Å². The van der Waals surface area contributed by atoms with Crippen LogP contribution in [0.1, 0.15) is 65.2 Å². The number of hydrogen-bond acceptors (Lipinski definition) is 5. The van der Waals surface area contributed by atoms with Crippen molar-refractivity contribution < 1.29 is 0 Å². The molecule has 23 heavy (non-hydrogen) atoms. The highest BCUT2D eigenvalue weighted by atomic mass is 32.2. The molecule has 1 atom stereocenters. The van der Waals surface area contributed by atoms with Gasteiger partial charge in [-0.2, -0.15) is 36.2 Å². The summed E-state index contributed by atoms with van der Waals surface area (Å²) in [5, 5.41) is 3.64. The normalized spacial score (nSPS) is 12.7. The SMILES string of the molecule is CCSCCCCCCSCNC(C)CSCCCCCCS. The van der Waals surface area contributed by atoms with Gasteiger partial charge in [-0.15, -0.1) is 11.8 Å². The first kappa shape index (κ1) is 24.4. The van der Waals surface area contributed by atoms with Crippen LogP contribution in [0, 0.1) is 0 Å². The number of thioether (sulfide) groups is 3. The Morgan fingerprint density at radius 2 is 1.35 bits per heavy atom. The third-order valence-electron chi connectivity index (χ3n) is 3.63. The number of unbranched alkanes of at least 4 members (excludes halogenated alkanes) is 6. The molecule has 0 fully saturated rings. The summed E-state index contributed by atoms with van der Waals surface area (Å²) in [5.41, 5.74) is 0. The standard InChI is InChI=1S/C18H39NS4/c1-3-21-13-9-6-7-11-15-23-17-19-18(2)16-22-14-10-5-4-8-12-20/h18-20H,3-17H2,1-2H3. The van der Waals surface area contributed by atoms with Crippen LogP contribution in [0.25, 0.3) is 0 Å². The van der Waals surface area contributed by atoms with Crippen LogP contribution in [0.4, 0.5) is 0 Å². The molecule has 0 aromatic rings. The van der Waals surface area contributed by atoms with Crippen LogP contribution in [0.5, 0.6) is 0 Å². The fourth-order valence-electron chi connectivity index (χ4n) is 2.17. The quantitative estimate of drug-likeness (QED) is 0.153. The summed E-state index contributed by atoms with van der Waals surface area (Å²) < 4.78 is 0. The number of hydrogen-bond donors (Lipinski definition) is 2. The Balaban J connectivity index is 3.11. The predicted molar refractivity (Wildman–Crippen MR) is 121 cm³/mol. The van der Waals surface area contributed by atoms with Crippen LogP contribution in [0.3, 0.4) is 0 Å². The van der Waals surface area contributed by atoms with Crippen molar-refractivity contribution in [1.82, 2.24) is 5.32 Å². The minimum Gasteiger partial charge on any atom is -0.305 e. The van der Waals surface area contributed by atoms with E-state index in [1.807, 2.05) is 0 Å². The zero-order valence-corrected chi connectivity index (χ0v) is 18.7. The summed E-state index contributed by atoms with van der Waals surface area (Å²) in [6.45, 7) is 4.57. The molecular formula is C18H39NS4. The molecule has 0 saturated heterocycles. The lowest BCUT2D eigenvalue weighted by atomic mass is 10.2. The van der Waals surface area contributed by atoms with E-state index in [-0.39, 0.29) is 0 Å². The van der Waals surface area contributed by atoms with E-state index in [4.69, 9.17) is 0 Å². The van der Waals surface area contributed by atoms with Gasteiger partial charge in [-0.1, -0.05) is 32.6 Å². The molecule has 0 heterocycles. The highest BCUT2D eigenvalue weighted by Gasteiger charge is 2.01. The third kappa shape index (κ3) is 21.3. The van der Waals surface area contributed by atoms with E-state index in [1.54, 1.807) is 0 Å². The van der Waals surface area contributed by atoms with Gasteiger partial charge in [-0.25, -0.2) is 0 Å². The second kappa shape index (κ2) is 21.4. The van der Waals surface area contributed by atoms with Crippen LogP contribution in [0.2, 0.25) is 0 Å². The second-order valence-corrected chi connectivity index (χ2v) is 10.1. The van der Waals surface area contributed by atoms with Gasteiger partial charge >= 0.3 is 0 Å². The van der Waals surface area contributed by atoms with Crippen molar-refractivity contribution in [2.24, 2.45) is 0 Å². The van der Waals surface area contributed by atoms with Gasteiger partial charge in [0.15, 0.2) is 0 Å². The Bertz CT molecular complexity index is 217. The van der Waals surface area contributed by atoms with Gasteiger partial charge in [0.05, 0.1) is 0 Å². The number of nitrogens with one attached hydrogen (secondary N) is 1. The van der Waals surface area contributed by atoms with Crippen molar-refractivity contribution in [1.29, 1.82) is 0 Å². The molecule has 1 N–H and O–H groups in total. The van der Waals surface area contributed by atoms with Gasteiger partial charge in [-0.3, -0.25) is 0 Å². The predicted octanol–water partition coefficient (Wildman–Crippen LogP) is 6.19. The molecule has 1 unspecified atom stereocenters. The highest BCUT2D eigenvalue weighted by Crippen LogP contribution is 2.11. The van der Waals surface area contributed by atoms with Crippen LogP contribution in [-0.2, 0) is 0 Å². The Hall–Kier alpha value is 1.36. The summed E-state index contributed by atoms with van der Waals surface area (Å²) in [6.07, 6.45) is 11.0. The van der Waals surface area contributed by atoms with Crippen LogP contribution >= 0.6 is 47.9 Å². The maximum atomic E-state index is 4.25. The van der Waals surface area contributed by atoms with Crippen molar-refractivity contribution in [2.75, 3.05) is 40.4 Å². The Morgan fingerprint density at radius 1 is 0.783 bits per heavy atom. The molecule has 0 spiro atoms. The maximum Gasteiger partial charge on any atom is 0.0420 e. The molecule has 5 heteroatoms.